The number of hydrogen-bond acceptors (Lipinski definition) is 7. The van der Waals surface area contributed by atoms with E-state index in [2.05, 4.69) is 14.6 Å². The van der Waals surface area contributed by atoms with Gasteiger partial charge >= 0.3 is 11.9 Å². The molecule has 1 aliphatic heterocycles. The summed E-state index contributed by atoms with van der Waals surface area (Å²) in [5.74, 6) is -1.17. The minimum absolute atomic E-state index is 0.0434. The van der Waals surface area contributed by atoms with E-state index in [1.54, 1.807) is 0 Å². The number of hydrazone groups is 1. The van der Waals surface area contributed by atoms with Crippen molar-refractivity contribution in [2.75, 3.05) is 21.3 Å². The summed E-state index contributed by atoms with van der Waals surface area (Å²) in [6, 6.07) is 1.87. The number of ether oxygens (including phenoxy) is 2. The molecule has 0 fully saturated rings. The SMILES string of the molecule is COC(=O)CC1(C(=O)OC)CC(C#N)=NN1C. The lowest BCUT2D eigenvalue weighted by Gasteiger charge is -2.30. The standard InChI is InChI=1S/C10H13N3O4/c1-13-10(9(15)17-3,5-8(14)16-2)4-7(6-11)12-13/h4-5H2,1-3H3. The molecule has 0 aromatic carbocycles. The number of nitrogens with zero attached hydrogens (tertiary/aromatic N) is 3. The molecule has 1 atom stereocenters. The van der Waals surface area contributed by atoms with E-state index in [0.717, 1.165) is 0 Å². The van der Waals surface area contributed by atoms with Gasteiger partial charge in [-0.25, -0.2) is 4.79 Å². The third kappa shape index (κ3) is 2.20. The first kappa shape index (κ1) is 13.0. The first-order valence-electron chi connectivity index (χ1n) is 4.87. The van der Waals surface area contributed by atoms with Crippen molar-refractivity contribution < 1.29 is 19.1 Å². The number of hydrogen-bond donors (Lipinski definition) is 0. The van der Waals surface area contributed by atoms with E-state index in [-0.39, 0.29) is 18.6 Å². The molecule has 0 amide bonds. The van der Waals surface area contributed by atoms with Gasteiger partial charge in [0.1, 0.15) is 11.8 Å². The lowest BCUT2D eigenvalue weighted by atomic mass is 9.90. The van der Waals surface area contributed by atoms with Crippen LogP contribution in [0.15, 0.2) is 5.10 Å². The van der Waals surface area contributed by atoms with E-state index in [1.165, 1.54) is 26.3 Å². The van der Waals surface area contributed by atoms with E-state index in [9.17, 15) is 9.59 Å². The molecule has 1 unspecified atom stereocenters. The Kier molecular flexibility index (Phi) is 3.68. The van der Waals surface area contributed by atoms with Crippen molar-refractivity contribution in [1.82, 2.24) is 5.01 Å². The average molecular weight is 239 g/mol. The minimum atomic E-state index is -1.27. The number of methoxy groups -OCH3 is 2. The van der Waals surface area contributed by atoms with Crippen molar-refractivity contribution >= 4 is 17.7 Å². The zero-order chi connectivity index (χ0) is 13.1. The summed E-state index contributed by atoms with van der Waals surface area (Å²) in [5, 5.41) is 14.0. The third-order valence-corrected chi connectivity index (χ3v) is 2.71. The number of carbonyl (C=O) groups is 2. The predicted octanol–water partition coefficient (Wildman–Crippen LogP) is -0.324. The van der Waals surface area contributed by atoms with Crippen LogP contribution in [0, 0.1) is 11.3 Å². The molecule has 0 N–H and O–H groups in total. The molecule has 17 heavy (non-hydrogen) atoms. The van der Waals surface area contributed by atoms with Gasteiger partial charge in [0.25, 0.3) is 0 Å². The van der Waals surface area contributed by atoms with Crippen LogP contribution >= 0.6 is 0 Å². The van der Waals surface area contributed by atoms with Crippen molar-refractivity contribution in [1.29, 1.82) is 5.26 Å². The predicted molar refractivity (Wildman–Crippen MR) is 56.8 cm³/mol. The van der Waals surface area contributed by atoms with Crippen molar-refractivity contribution in [3.05, 3.63) is 0 Å². The average Bonchev–Trinajstić information content (AvgIpc) is 2.66. The highest BCUT2D eigenvalue weighted by atomic mass is 16.5. The van der Waals surface area contributed by atoms with Crippen LogP contribution in [0.5, 0.6) is 0 Å². The van der Waals surface area contributed by atoms with Crippen LogP contribution in [-0.4, -0.2) is 49.5 Å². The fourth-order valence-electron chi connectivity index (χ4n) is 1.72. The smallest absolute Gasteiger partial charge is 0.334 e. The van der Waals surface area contributed by atoms with Gasteiger partial charge in [-0.15, -0.1) is 0 Å². The normalized spacial score (nSPS) is 22.7. The van der Waals surface area contributed by atoms with Crippen LogP contribution in [-0.2, 0) is 19.1 Å². The third-order valence-electron chi connectivity index (χ3n) is 2.71. The van der Waals surface area contributed by atoms with Gasteiger partial charge < -0.3 is 9.47 Å². The maximum atomic E-state index is 11.8. The van der Waals surface area contributed by atoms with Crippen LogP contribution in [0.3, 0.4) is 0 Å². The fraction of sp³-hybridized carbons (Fsp3) is 0.600. The molecule has 0 aromatic heterocycles. The fourth-order valence-corrected chi connectivity index (χ4v) is 1.72. The molecular formula is C10H13N3O4. The zero-order valence-electron chi connectivity index (χ0n) is 9.89. The molecular weight excluding hydrogens is 226 g/mol. The summed E-state index contributed by atoms with van der Waals surface area (Å²) in [5.41, 5.74) is -1.09. The summed E-state index contributed by atoms with van der Waals surface area (Å²) in [6.45, 7) is 0. The highest BCUT2D eigenvalue weighted by Crippen LogP contribution is 2.31. The molecule has 0 saturated heterocycles. The van der Waals surface area contributed by atoms with E-state index in [1.807, 2.05) is 6.07 Å². The number of rotatable bonds is 3. The molecule has 0 saturated carbocycles. The van der Waals surface area contributed by atoms with Crippen molar-refractivity contribution in [3.8, 4) is 6.07 Å². The Hall–Kier alpha value is -2.10. The second-order valence-electron chi connectivity index (χ2n) is 3.63. The van der Waals surface area contributed by atoms with Gasteiger partial charge in [0, 0.05) is 13.5 Å². The molecule has 0 aliphatic carbocycles. The molecule has 1 heterocycles. The molecule has 0 bridgehead atoms. The first-order valence-corrected chi connectivity index (χ1v) is 4.87. The second kappa shape index (κ2) is 4.82. The molecule has 7 heteroatoms. The Balaban J connectivity index is 3.03. The van der Waals surface area contributed by atoms with Crippen LogP contribution < -0.4 is 0 Å². The Morgan fingerprint density at radius 1 is 1.53 bits per heavy atom. The highest BCUT2D eigenvalue weighted by Gasteiger charge is 2.50. The van der Waals surface area contributed by atoms with E-state index in [4.69, 9.17) is 5.26 Å². The van der Waals surface area contributed by atoms with Crippen LogP contribution in [0.2, 0.25) is 0 Å². The van der Waals surface area contributed by atoms with Gasteiger partial charge in [-0.2, -0.15) is 10.4 Å². The zero-order valence-corrected chi connectivity index (χ0v) is 9.89. The molecule has 0 spiro atoms. The van der Waals surface area contributed by atoms with Crippen LogP contribution in [0.1, 0.15) is 12.8 Å². The number of likely N-dealkylation sites (N-methyl/N-ethyl adjacent to an activating group) is 1. The van der Waals surface area contributed by atoms with Gasteiger partial charge in [-0.3, -0.25) is 9.80 Å². The Morgan fingerprint density at radius 2 is 2.18 bits per heavy atom. The van der Waals surface area contributed by atoms with Gasteiger partial charge in [-0.05, 0) is 0 Å². The summed E-state index contributed by atoms with van der Waals surface area (Å²) < 4.78 is 9.22. The molecule has 7 nitrogen and oxygen atoms in total. The van der Waals surface area contributed by atoms with Gasteiger partial charge in [0.05, 0.1) is 20.6 Å². The largest absolute Gasteiger partial charge is 0.469 e. The Bertz CT molecular complexity index is 412. The van der Waals surface area contributed by atoms with Crippen molar-refractivity contribution in [2.45, 2.75) is 18.4 Å². The van der Waals surface area contributed by atoms with Gasteiger partial charge in [0.2, 0.25) is 0 Å². The number of esters is 2. The van der Waals surface area contributed by atoms with Crippen LogP contribution in [0.25, 0.3) is 0 Å². The Morgan fingerprint density at radius 3 is 2.59 bits per heavy atom. The van der Waals surface area contributed by atoms with E-state index < -0.39 is 17.5 Å². The summed E-state index contributed by atoms with van der Waals surface area (Å²) >= 11 is 0. The molecule has 1 rings (SSSR count). The van der Waals surface area contributed by atoms with Crippen molar-refractivity contribution in [2.24, 2.45) is 5.10 Å². The quantitative estimate of drug-likeness (QED) is 0.626. The summed E-state index contributed by atoms with van der Waals surface area (Å²) in [4.78, 5) is 23.1. The van der Waals surface area contributed by atoms with E-state index in [0.29, 0.717) is 0 Å². The monoisotopic (exact) mass is 239 g/mol. The van der Waals surface area contributed by atoms with Crippen LogP contribution in [0.4, 0.5) is 0 Å². The lowest BCUT2D eigenvalue weighted by Crippen LogP contribution is -2.50. The van der Waals surface area contributed by atoms with Gasteiger partial charge in [0.15, 0.2) is 5.54 Å². The second-order valence-corrected chi connectivity index (χ2v) is 3.63. The maximum absolute atomic E-state index is 11.8. The molecule has 1 aliphatic rings. The highest BCUT2D eigenvalue weighted by molar-refractivity contribution is 6.05. The first-order chi connectivity index (χ1) is 8.00. The number of carbonyl (C=O) groups excluding carboxylic acids is 2. The topological polar surface area (TPSA) is 92.0 Å². The maximum Gasteiger partial charge on any atom is 0.334 e. The Labute approximate surface area is 98.6 Å². The number of nitriles is 1. The molecule has 0 radical (unpaired) electrons. The van der Waals surface area contributed by atoms with Gasteiger partial charge in [-0.1, -0.05) is 0 Å². The van der Waals surface area contributed by atoms with E-state index >= 15 is 0 Å². The lowest BCUT2D eigenvalue weighted by molar-refractivity contribution is -0.160. The molecule has 0 aromatic rings. The molecule has 92 valence electrons. The summed E-state index contributed by atoms with van der Waals surface area (Å²) in [7, 11) is 3.97. The van der Waals surface area contributed by atoms with Crippen molar-refractivity contribution in [3.63, 3.8) is 0 Å². The minimum Gasteiger partial charge on any atom is -0.469 e. The summed E-state index contributed by atoms with van der Waals surface area (Å²) in [6.07, 6.45) is -0.164.